The minimum absolute atomic E-state index is 0.0444. The molecule has 1 aromatic heterocycles. The van der Waals surface area contributed by atoms with Gasteiger partial charge >= 0.3 is 0 Å². The number of benzene rings is 1. The molecule has 21 heavy (non-hydrogen) atoms. The van der Waals surface area contributed by atoms with Crippen LogP contribution in [-0.2, 0) is 0 Å². The van der Waals surface area contributed by atoms with Crippen molar-refractivity contribution in [3.05, 3.63) is 34.8 Å². The number of nitrogens with two attached hydrogens (primary N) is 1. The Hall–Kier alpha value is -1.55. The number of aromatic nitrogens is 1. The largest absolute Gasteiger partial charge is 0.380 e. The number of anilines is 1. The predicted octanol–water partition coefficient (Wildman–Crippen LogP) is 4.87. The third-order valence-corrected chi connectivity index (χ3v) is 5.54. The van der Waals surface area contributed by atoms with Crippen LogP contribution in [0, 0.1) is 16.6 Å². The molecule has 3 rings (SSSR count). The summed E-state index contributed by atoms with van der Waals surface area (Å²) in [6.07, 6.45) is 0. The first kappa shape index (κ1) is 14.4. The van der Waals surface area contributed by atoms with E-state index in [0.29, 0.717) is 16.9 Å². The van der Waals surface area contributed by atoms with Crippen molar-refractivity contribution in [2.24, 2.45) is 10.8 Å². The fourth-order valence-corrected chi connectivity index (χ4v) is 3.51. The number of hydrogen-bond acceptors (Lipinski definition) is 3. The predicted molar refractivity (Wildman–Crippen MR) is 81.6 cm³/mol. The highest BCUT2D eigenvalue weighted by Gasteiger charge is 2.67. The molecule has 2 N–H and O–H groups in total. The Morgan fingerprint density at radius 1 is 1.24 bits per heavy atom. The highest BCUT2D eigenvalue weighted by Crippen LogP contribution is 2.74. The van der Waals surface area contributed by atoms with Gasteiger partial charge < -0.3 is 10.3 Å². The summed E-state index contributed by atoms with van der Waals surface area (Å²) in [6.45, 7) is 8.64. The van der Waals surface area contributed by atoms with Gasteiger partial charge in [0.15, 0.2) is 11.6 Å². The number of rotatable bonds is 2. The summed E-state index contributed by atoms with van der Waals surface area (Å²) in [7, 11) is 0. The van der Waals surface area contributed by atoms with Crippen LogP contribution in [-0.4, -0.2) is 5.16 Å². The maximum Gasteiger partial charge on any atom is 0.175 e. The van der Waals surface area contributed by atoms with Gasteiger partial charge in [-0.05, 0) is 16.9 Å². The molecule has 1 aromatic carbocycles. The zero-order chi connectivity index (χ0) is 15.6. The van der Waals surface area contributed by atoms with E-state index in [1.165, 1.54) is 6.07 Å². The number of halogens is 2. The number of nitrogens with zero attached hydrogens (tertiary/aromatic N) is 1. The zero-order valence-corrected chi connectivity index (χ0v) is 13.3. The van der Waals surface area contributed by atoms with E-state index in [4.69, 9.17) is 21.9 Å². The van der Waals surface area contributed by atoms with Gasteiger partial charge in [-0.3, -0.25) is 0 Å². The fourth-order valence-electron chi connectivity index (χ4n) is 3.33. The van der Waals surface area contributed by atoms with Gasteiger partial charge in [0, 0.05) is 11.5 Å². The van der Waals surface area contributed by atoms with Crippen molar-refractivity contribution >= 4 is 17.4 Å². The van der Waals surface area contributed by atoms with Crippen LogP contribution in [0.5, 0.6) is 0 Å². The third-order valence-electron chi connectivity index (χ3n) is 5.25. The fraction of sp³-hybridized carbons (Fsp3) is 0.438. The zero-order valence-electron chi connectivity index (χ0n) is 12.5. The van der Waals surface area contributed by atoms with Crippen LogP contribution >= 0.6 is 11.6 Å². The van der Waals surface area contributed by atoms with Crippen molar-refractivity contribution in [1.29, 1.82) is 0 Å². The summed E-state index contributed by atoms with van der Waals surface area (Å²) in [5.74, 6) is 0.489. The maximum atomic E-state index is 14.3. The van der Waals surface area contributed by atoms with Gasteiger partial charge in [0.1, 0.15) is 5.82 Å². The lowest BCUT2D eigenvalue weighted by Crippen LogP contribution is -1.95. The molecular weight excluding hydrogens is 291 g/mol. The molecule has 1 fully saturated rings. The summed E-state index contributed by atoms with van der Waals surface area (Å²) in [4.78, 5) is 0. The Bertz CT molecular complexity index is 707. The van der Waals surface area contributed by atoms with Crippen molar-refractivity contribution in [3.8, 4) is 11.1 Å². The van der Waals surface area contributed by atoms with E-state index >= 15 is 0 Å². The molecular formula is C16H18ClFN2O. The van der Waals surface area contributed by atoms with E-state index < -0.39 is 5.82 Å². The Morgan fingerprint density at radius 2 is 1.86 bits per heavy atom. The van der Waals surface area contributed by atoms with Crippen LogP contribution in [0.3, 0.4) is 0 Å². The molecule has 3 nitrogen and oxygen atoms in total. The molecule has 112 valence electrons. The molecule has 0 aliphatic heterocycles. The van der Waals surface area contributed by atoms with Crippen molar-refractivity contribution in [2.45, 2.75) is 33.6 Å². The molecule has 1 saturated carbocycles. The molecule has 1 heterocycles. The van der Waals surface area contributed by atoms with Crippen LogP contribution in [0.25, 0.3) is 11.1 Å². The smallest absolute Gasteiger partial charge is 0.175 e. The molecule has 2 aromatic rings. The van der Waals surface area contributed by atoms with Crippen LogP contribution < -0.4 is 5.73 Å². The Balaban J connectivity index is 2.18. The van der Waals surface area contributed by atoms with Gasteiger partial charge in [-0.2, -0.15) is 0 Å². The highest BCUT2D eigenvalue weighted by atomic mass is 35.5. The molecule has 0 radical (unpaired) electrons. The minimum atomic E-state index is -0.494. The second-order valence-electron chi connectivity index (χ2n) is 6.78. The normalized spacial score (nSPS) is 19.7. The van der Waals surface area contributed by atoms with Gasteiger partial charge in [-0.25, -0.2) is 4.39 Å². The van der Waals surface area contributed by atoms with Crippen LogP contribution in [0.1, 0.15) is 39.4 Å². The molecule has 5 heteroatoms. The first-order valence-corrected chi connectivity index (χ1v) is 7.26. The lowest BCUT2D eigenvalue weighted by Gasteiger charge is -2.06. The summed E-state index contributed by atoms with van der Waals surface area (Å²) < 4.78 is 19.8. The average Bonchev–Trinajstić information content (AvgIpc) is 2.68. The van der Waals surface area contributed by atoms with Gasteiger partial charge in [-0.1, -0.05) is 56.6 Å². The topological polar surface area (TPSA) is 52.0 Å². The lowest BCUT2D eigenvalue weighted by atomic mass is 9.99. The summed E-state index contributed by atoms with van der Waals surface area (Å²) in [5, 5.41) is 3.91. The van der Waals surface area contributed by atoms with Gasteiger partial charge in [0.2, 0.25) is 0 Å². The van der Waals surface area contributed by atoms with Crippen LogP contribution in [0.4, 0.5) is 10.2 Å². The van der Waals surface area contributed by atoms with Gasteiger partial charge in [0.05, 0.1) is 10.6 Å². The molecule has 1 aliphatic rings. The van der Waals surface area contributed by atoms with E-state index in [-0.39, 0.29) is 27.6 Å². The van der Waals surface area contributed by atoms with E-state index in [1.54, 1.807) is 12.1 Å². The van der Waals surface area contributed by atoms with Gasteiger partial charge in [-0.15, -0.1) is 0 Å². The Morgan fingerprint density at radius 3 is 2.43 bits per heavy atom. The molecule has 0 bridgehead atoms. The molecule has 1 aliphatic carbocycles. The molecule has 0 saturated heterocycles. The van der Waals surface area contributed by atoms with E-state index in [2.05, 4.69) is 32.9 Å². The van der Waals surface area contributed by atoms with Crippen molar-refractivity contribution in [2.75, 3.05) is 5.73 Å². The number of hydrogen-bond donors (Lipinski definition) is 1. The Kier molecular flexibility index (Phi) is 2.90. The van der Waals surface area contributed by atoms with Crippen molar-refractivity contribution in [3.63, 3.8) is 0 Å². The number of nitrogen functional groups attached to an aromatic ring is 1. The average molecular weight is 309 g/mol. The van der Waals surface area contributed by atoms with E-state index in [0.717, 1.165) is 0 Å². The lowest BCUT2D eigenvalue weighted by molar-refractivity contribution is 0.374. The second kappa shape index (κ2) is 4.23. The Labute approximate surface area is 128 Å². The standard InChI is InChI=1S/C16H18ClFN2O/c1-15(2)13(16(15,3)4)12-10(14(19)20-21-12)8-6-5-7-9(17)11(8)18/h5-7,13H,1-4H3,(H2,19,20). The highest BCUT2D eigenvalue weighted by molar-refractivity contribution is 6.31. The minimum Gasteiger partial charge on any atom is -0.380 e. The third kappa shape index (κ3) is 1.81. The van der Waals surface area contributed by atoms with Gasteiger partial charge in [0.25, 0.3) is 0 Å². The van der Waals surface area contributed by atoms with E-state index in [9.17, 15) is 4.39 Å². The maximum absolute atomic E-state index is 14.3. The van der Waals surface area contributed by atoms with Crippen molar-refractivity contribution < 1.29 is 8.91 Å². The SMILES string of the molecule is CC1(C)C(c2onc(N)c2-c2cccc(Cl)c2F)C1(C)C. The quantitative estimate of drug-likeness (QED) is 0.861. The molecule has 0 amide bonds. The van der Waals surface area contributed by atoms with Crippen molar-refractivity contribution in [1.82, 2.24) is 5.16 Å². The monoisotopic (exact) mass is 308 g/mol. The van der Waals surface area contributed by atoms with Crippen LogP contribution in [0.15, 0.2) is 22.7 Å². The summed E-state index contributed by atoms with van der Waals surface area (Å²) in [5.41, 5.74) is 6.88. The summed E-state index contributed by atoms with van der Waals surface area (Å²) in [6, 6.07) is 4.85. The summed E-state index contributed by atoms with van der Waals surface area (Å²) >= 11 is 5.88. The molecule has 0 unspecified atom stereocenters. The molecule has 0 spiro atoms. The van der Waals surface area contributed by atoms with E-state index in [1.807, 2.05) is 0 Å². The first-order valence-electron chi connectivity index (χ1n) is 6.89. The second-order valence-corrected chi connectivity index (χ2v) is 7.19. The molecule has 0 atom stereocenters. The first-order chi connectivity index (χ1) is 9.69. The van der Waals surface area contributed by atoms with Crippen LogP contribution in [0.2, 0.25) is 5.02 Å².